The van der Waals surface area contributed by atoms with E-state index in [2.05, 4.69) is 0 Å². The van der Waals surface area contributed by atoms with Crippen molar-refractivity contribution in [2.24, 2.45) is 11.8 Å². The van der Waals surface area contributed by atoms with Crippen LogP contribution in [0.25, 0.3) is 0 Å². The van der Waals surface area contributed by atoms with Crippen molar-refractivity contribution in [3.63, 3.8) is 0 Å². The van der Waals surface area contributed by atoms with Crippen LogP contribution in [0.1, 0.15) is 40.5 Å². The van der Waals surface area contributed by atoms with Crippen LogP contribution in [-0.4, -0.2) is 23.1 Å². The van der Waals surface area contributed by atoms with Gasteiger partial charge in [-0.25, -0.2) is 0 Å². The molecule has 15 heavy (non-hydrogen) atoms. The Labute approximate surface area is 90.6 Å². The lowest BCUT2D eigenvalue weighted by molar-refractivity contribution is -0.154. The smallest absolute Gasteiger partial charge is 0.309 e. The van der Waals surface area contributed by atoms with E-state index in [0.29, 0.717) is 6.42 Å². The minimum atomic E-state index is -0.877. The molecule has 88 valence electrons. The first-order chi connectivity index (χ1) is 6.84. The van der Waals surface area contributed by atoms with E-state index in [9.17, 15) is 9.59 Å². The van der Waals surface area contributed by atoms with Gasteiger partial charge in [-0.3, -0.25) is 9.59 Å². The van der Waals surface area contributed by atoms with Gasteiger partial charge in [0.2, 0.25) is 0 Å². The molecule has 1 N–H and O–H groups in total. The number of rotatable bonds is 6. The monoisotopic (exact) mass is 216 g/mol. The topological polar surface area (TPSA) is 63.6 Å². The fourth-order valence-electron chi connectivity index (χ4n) is 1.32. The van der Waals surface area contributed by atoms with Crippen LogP contribution in [0.2, 0.25) is 0 Å². The number of ether oxygens (including phenoxy) is 1. The van der Waals surface area contributed by atoms with E-state index < -0.39 is 5.97 Å². The lowest BCUT2D eigenvalue weighted by Crippen LogP contribution is -2.26. The summed E-state index contributed by atoms with van der Waals surface area (Å²) in [5, 5.41) is 8.56. The number of carbonyl (C=O) groups is 2. The van der Waals surface area contributed by atoms with E-state index in [-0.39, 0.29) is 30.3 Å². The molecule has 1 unspecified atom stereocenters. The molecular weight excluding hydrogens is 196 g/mol. The molecule has 0 amide bonds. The molecule has 0 fully saturated rings. The molecule has 0 heterocycles. The highest BCUT2D eigenvalue weighted by Gasteiger charge is 2.24. The Kier molecular flexibility index (Phi) is 5.97. The fraction of sp³-hybridized carbons (Fsp3) is 0.818. The van der Waals surface area contributed by atoms with Gasteiger partial charge in [0, 0.05) is 6.42 Å². The Morgan fingerprint density at radius 1 is 1.20 bits per heavy atom. The molecule has 0 aromatic carbocycles. The summed E-state index contributed by atoms with van der Waals surface area (Å²) in [6, 6.07) is 0. The van der Waals surface area contributed by atoms with Gasteiger partial charge < -0.3 is 9.84 Å². The normalized spacial score (nSPS) is 12.9. The first-order valence-corrected chi connectivity index (χ1v) is 5.26. The van der Waals surface area contributed by atoms with E-state index in [1.54, 1.807) is 13.8 Å². The summed E-state index contributed by atoms with van der Waals surface area (Å²) in [6.45, 7) is 7.36. The molecule has 0 saturated heterocycles. The third-order valence-corrected chi connectivity index (χ3v) is 2.13. The van der Waals surface area contributed by atoms with E-state index >= 15 is 0 Å². The molecule has 0 bridgehead atoms. The quantitative estimate of drug-likeness (QED) is 0.690. The number of esters is 1. The minimum absolute atomic E-state index is 0.00996. The molecule has 0 aliphatic carbocycles. The SMILES string of the molecule is CC(C)OC(=O)C(CCC(=O)O)C(C)C. The van der Waals surface area contributed by atoms with Crippen molar-refractivity contribution in [2.75, 3.05) is 0 Å². The molecule has 4 heteroatoms. The zero-order valence-corrected chi connectivity index (χ0v) is 9.82. The van der Waals surface area contributed by atoms with Crippen molar-refractivity contribution in [3.05, 3.63) is 0 Å². The van der Waals surface area contributed by atoms with Crippen LogP contribution in [0.4, 0.5) is 0 Å². The lowest BCUT2D eigenvalue weighted by atomic mass is 9.91. The zero-order chi connectivity index (χ0) is 12.0. The Morgan fingerprint density at radius 3 is 2.07 bits per heavy atom. The van der Waals surface area contributed by atoms with E-state index in [1.165, 1.54) is 0 Å². The summed E-state index contributed by atoms with van der Waals surface area (Å²) >= 11 is 0. The molecule has 4 nitrogen and oxygen atoms in total. The van der Waals surface area contributed by atoms with Crippen LogP contribution in [0.15, 0.2) is 0 Å². The van der Waals surface area contributed by atoms with Crippen LogP contribution in [0.3, 0.4) is 0 Å². The molecule has 0 radical (unpaired) electrons. The molecule has 1 atom stereocenters. The van der Waals surface area contributed by atoms with Crippen LogP contribution >= 0.6 is 0 Å². The summed E-state index contributed by atoms with van der Waals surface area (Å²) in [7, 11) is 0. The molecule has 0 aliphatic heterocycles. The molecular formula is C11H20O4. The number of hydrogen-bond acceptors (Lipinski definition) is 3. The fourth-order valence-corrected chi connectivity index (χ4v) is 1.32. The van der Waals surface area contributed by atoms with E-state index in [0.717, 1.165) is 0 Å². The van der Waals surface area contributed by atoms with Crippen LogP contribution in [0.5, 0.6) is 0 Å². The Balaban J connectivity index is 4.25. The molecule has 0 aromatic heterocycles. The number of hydrogen-bond donors (Lipinski definition) is 1. The summed E-state index contributed by atoms with van der Waals surface area (Å²) in [4.78, 5) is 22.0. The average molecular weight is 216 g/mol. The first kappa shape index (κ1) is 13.9. The third-order valence-electron chi connectivity index (χ3n) is 2.13. The molecule has 0 aliphatic rings. The second-order valence-corrected chi connectivity index (χ2v) is 4.27. The summed E-state index contributed by atoms with van der Waals surface area (Å²) in [6.07, 6.45) is 0.206. The number of aliphatic carboxylic acids is 1. The van der Waals surface area contributed by atoms with Gasteiger partial charge in [-0.15, -0.1) is 0 Å². The van der Waals surface area contributed by atoms with Crippen molar-refractivity contribution < 1.29 is 19.4 Å². The van der Waals surface area contributed by atoms with Crippen molar-refractivity contribution in [1.82, 2.24) is 0 Å². The van der Waals surface area contributed by atoms with Gasteiger partial charge in [-0.05, 0) is 26.2 Å². The van der Waals surface area contributed by atoms with Crippen molar-refractivity contribution in [3.8, 4) is 0 Å². The second kappa shape index (κ2) is 6.43. The molecule has 0 spiro atoms. The van der Waals surface area contributed by atoms with Crippen molar-refractivity contribution in [1.29, 1.82) is 0 Å². The van der Waals surface area contributed by atoms with Gasteiger partial charge in [0.25, 0.3) is 0 Å². The van der Waals surface area contributed by atoms with Gasteiger partial charge in [-0.1, -0.05) is 13.8 Å². The Morgan fingerprint density at radius 2 is 1.73 bits per heavy atom. The highest BCUT2D eigenvalue weighted by molar-refractivity contribution is 5.74. The van der Waals surface area contributed by atoms with Gasteiger partial charge in [-0.2, -0.15) is 0 Å². The number of carboxylic acid groups (broad SMARTS) is 1. The summed E-state index contributed by atoms with van der Waals surface area (Å²) < 4.78 is 5.07. The predicted octanol–water partition coefficient (Wildman–Crippen LogP) is 2.08. The standard InChI is InChI=1S/C11H20O4/c1-7(2)9(5-6-10(12)13)11(14)15-8(3)4/h7-9H,5-6H2,1-4H3,(H,12,13). The maximum Gasteiger partial charge on any atom is 0.309 e. The average Bonchev–Trinajstić information content (AvgIpc) is 2.01. The van der Waals surface area contributed by atoms with Gasteiger partial charge in [0.15, 0.2) is 0 Å². The van der Waals surface area contributed by atoms with Gasteiger partial charge in [0.1, 0.15) is 0 Å². The Hall–Kier alpha value is -1.06. The number of carbonyl (C=O) groups excluding carboxylic acids is 1. The van der Waals surface area contributed by atoms with E-state index in [4.69, 9.17) is 9.84 Å². The zero-order valence-electron chi connectivity index (χ0n) is 9.82. The minimum Gasteiger partial charge on any atom is -0.481 e. The highest BCUT2D eigenvalue weighted by atomic mass is 16.5. The molecule has 0 saturated carbocycles. The van der Waals surface area contributed by atoms with Crippen molar-refractivity contribution >= 4 is 11.9 Å². The summed E-state index contributed by atoms with van der Waals surface area (Å²) in [5.41, 5.74) is 0. The predicted molar refractivity (Wildman–Crippen MR) is 56.4 cm³/mol. The molecule has 0 aromatic rings. The molecule has 0 rings (SSSR count). The van der Waals surface area contributed by atoms with Gasteiger partial charge >= 0.3 is 11.9 Å². The maximum absolute atomic E-state index is 11.6. The van der Waals surface area contributed by atoms with Crippen LogP contribution < -0.4 is 0 Å². The highest BCUT2D eigenvalue weighted by Crippen LogP contribution is 2.19. The lowest BCUT2D eigenvalue weighted by Gasteiger charge is -2.20. The largest absolute Gasteiger partial charge is 0.481 e. The first-order valence-electron chi connectivity index (χ1n) is 5.26. The number of carboxylic acids is 1. The van der Waals surface area contributed by atoms with Crippen molar-refractivity contribution in [2.45, 2.75) is 46.6 Å². The van der Waals surface area contributed by atoms with E-state index in [1.807, 2.05) is 13.8 Å². The maximum atomic E-state index is 11.6. The second-order valence-electron chi connectivity index (χ2n) is 4.27. The third kappa shape index (κ3) is 6.10. The Bertz CT molecular complexity index is 221. The van der Waals surface area contributed by atoms with Crippen LogP contribution in [0, 0.1) is 11.8 Å². The summed E-state index contributed by atoms with van der Waals surface area (Å²) in [5.74, 6) is -1.38. The van der Waals surface area contributed by atoms with Crippen LogP contribution in [-0.2, 0) is 14.3 Å². The van der Waals surface area contributed by atoms with Gasteiger partial charge in [0.05, 0.1) is 12.0 Å².